The average Bonchev–Trinajstić information content (AvgIpc) is 2.93. The lowest BCUT2D eigenvalue weighted by molar-refractivity contribution is -0.141. The fourth-order valence-corrected chi connectivity index (χ4v) is 2.97. The number of fused-ring (bicyclic) bond motifs is 1. The summed E-state index contributed by atoms with van der Waals surface area (Å²) in [6.45, 7) is 0.798. The molecule has 1 aromatic carbocycles. The zero-order valence-electron chi connectivity index (χ0n) is 11.6. The summed E-state index contributed by atoms with van der Waals surface area (Å²) in [7, 11) is 0. The van der Waals surface area contributed by atoms with Crippen LogP contribution in [0.5, 0.6) is 0 Å². The number of carboxylic acid groups (broad SMARTS) is 1. The molecular formula is C15H18N2O4. The van der Waals surface area contributed by atoms with E-state index in [1.165, 1.54) is 4.90 Å². The number of hydrogen-bond acceptors (Lipinski definition) is 4. The maximum absolute atomic E-state index is 12.8. The van der Waals surface area contributed by atoms with Crippen LogP contribution in [0.1, 0.15) is 12.0 Å². The fourth-order valence-electron chi connectivity index (χ4n) is 2.97. The van der Waals surface area contributed by atoms with Gasteiger partial charge in [0.2, 0.25) is 5.91 Å². The van der Waals surface area contributed by atoms with E-state index in [9.17, 15) is 14.7 Å². The number of para-hydroxylation sites is 1. The largest absolute Gasteiger partial charge is 0.481 e. The monoisotopic (exact) mass is 290 g/mol. The van der Waals surface area contributed by atoms with Gasteiger partial charge in [0.25, 0.3) is 0 Å². The zero-order chi connectivity index (χ0) is 15.0. The quantitative estimate of drug-likeness (QED) is 0.822. The smallest absolute Gasteiger partial charge is 0.308 e. The summed E-state index contributed by atoms with van der Waals surface area (Å²) in [6, 6.07) is 7.39. The highest BCUT2D eigenvalue weighted by molar-refractivity contribution is 6.02. The molecule has 0 aromatic heterocycles. The van der Waals surface area contributed by atoms with Gasteiger partial charge in [-0.3, -0.25) is 9.59 Å². The van der Waals surface area contributed by atoms with Gasteiger partial charge in [-0.2, -0.15) is 0 Å². The van der Waals surface area contributed by atoms with Crippen LogP contribution >= 0.6 is 0 Å². The highest BCUT2D eigenvalue weighted by Gasteiger charge is 2.44. The summed E-state index contributed by atoms with van der Waals surface area (Å²) in [4.78, 5) is 25.6. The van der Waals surface area contributed by atoms with Crippen molar-refractivity contribution in [3.05, 3.63) is 29.8 Å². The molecule has 1 saturated heterocycles. The molecule has 2 atom stereocenters. The summed E-state index contributed by atoms with van der Waals surface area (Å²) in [5.41, 5.74) is 6.73. The highest BCUT2D eigenvalue weighted by atomic mass is 16.5. The second kappa shape index (κ2) is 5.13. The van der Waals surface area contributed by atoms with E-state index in [0.717, 1.165) is 11.3 Å². The standard InChI is InChI=1S/C15H18N2O4/c16-15(5-6-21-9-15)14(20)17-8-11(13(18)19)7-10-3-1-2-4-12(10)17/h1-4,11H,5-9,16H2,(H,18,19). The number of carbonyl (C=O) groups is 2. The van der Waals surface area contributed by atoms with Gasteiger partial charge in [-0.05, 0) is 24.5 Å². The van der Waals surface area contributed by atoms with Crippen LogP contribution < -0.4 is 10.6 Å². The Morgan fingerprint density at radius 2 is 2.14 bits per heavy atom. The topological polar surface area (TPSA) is 92.9 Å². The maximum atomic E-state index is 12.8. The third-order valence-electron chi connectivity index (χ3n) is 4.22. The van der Waals surface area contributed by atoms with Gasteiger partial charge in [-0.1, -0.05) is 18.2 Å². The highest BCUT2D eigenvalue weighted by Crippen LogP contribution is 2.32. The normalized spacial score (nSPS) is 28.2. The molecule has 1 amide bonds. The molecule has 0 spiro atoms. The minimum atomic E-state index is -1.05. The first kappa shape index (κ1) is 14.0. The molecule has 3 N–H and O–H groups in total. The van der Waals surface area contributed by atoms with Crippen molar-refractivity contribution < 1.29 is 19.4 Å². The maximum Gasteiger partial charge on any atom is 0.308 e. The van der Waals surface area contributed by atoms with Crippen LogP contribution in [0.25, 0.3) is 0 Å². The molecule has 0 radical (unpaired) electrons. The molecule has 112 valence electrons. The van der Waals surface area contributed by atoms with Crippen LogP contribution in [0.15, 0.2) is 24.3 Å². The van der Waals surface area contributed by atoms with Gasteiger partial charge in [0.15, 0.2) is 0 Å². The number of benzene rings is 1. The van der Waals surface area contributed by atoms with Crippen LogP contribution in [0.2, 0.25) is 0 Å². The number of carboxylic acids is 1. The zero-order valence-corrected chi connectivity index (χ0v) is 11.6. The number of carbonyl (C=O) groups excluding carboxylic acids is 1. The minimum absolute atomic E-state index is 0.157. The number of aliphatic carboxylic acids is 1. The third-order valence-corrected chi connectivity index (χ3v) is 4.22. The van der Waals surface area contributed by atoms with Crippen molar-refractivity contribution in [1.82, 2.24) is 0 Å². The van der Waals surface area contributed by atoms with E-state index in [2.05, 4.69) is 0 Å². The summed E-state index contributed by atoms with van der Waals surface area (Å²) in [5.74, 6) is -1.75. The Bertz CT molecular complexity index is 581. The Kier molecular flexibility index (Phi) is 3.43. The van der Waals surface area contributed by atoms with E-state index >= 15 is 0 Å². The molecule has 2 heterocycles. The average molecular weight is 290 g/mol. The van der Waals surface area contributed by atoms with Crippen LogP contribution in [0.4, 0.5) is 5.69 Å². The van der Waals surface area contributed by atoms with Gasteiger partial charge in [0.05, 0.1) is 12.5 Å². The van der Waals surface area contributed by atoms with E-state index < -0.39 is 17.4 Å². The molecule has 2 aliphatic rings. The number of ether oxygens (including phenoxy) is 1. The van der Waals surface area contributed by atoms with Crippen LogP contribution in [-0.2, 0) is 20.7 Å². The van der Waals surface area contributed by atoms with Crippen molar-refractivity contribution in [2.24, 2.45) is 11.7 Å². The number of nitrogens with zero attached hydrogens (tertiary/aromatic N) is 1. The lowest BCUT2D eigenvalue weighted by atomic mass is 9.89. The molecule has 1 aromatic rings. The summed E-state index contributed by atoms with van der Waals surface area (Å²) < 4.78 is 5.25. The Morgan fingerprint density at radius 3 is 2.81 bits per heavy atom. The molecule has 2 unspecified atom stereocenters. The van der Waals surface area contributed by atoms with Crippen molar-refractivity contribution in [3.8, 4) is 0 Å². The minimum Gasteiger partial charge on any atom is -0.481 e. The van der Waals surface area contributed by atoms with Gasteiger partial charge in [0, 0.05) is 18.8 Å². The van der Waals surface area contributed by atoms with Crippen molar-refractivity contribution in [2.75, 3.05) is 24.7 Å². The van der Waals surface area contributed by atoms with Gasteiger partial charge in [-0.15, -0.1) is 0 Å². The number of nitrogens with two attached hydrogens (primary N) is 1. The molecule has 6 nitrogen and oxygen atoms in total. The Morgan fingerprint density at radius 1 is 1.38 bits per heavy atom. The fraction of sp³-hybridized carbons (Fsp3) is 0.467. The Labute approximate surface area is 122 Å². The number of rotatable bonds is 2. The van der Waals surface area contributed by atoms with E-state index in [-0.39, 0.29) is 19.1 Å². The van der Waals surface area contributed by atoms with Crippen LogP contribution in [-0.4, -0.2) is 42.3 Å². The van der Waals surface area contributed by atoms with Gasteiger partial charge >= 0.3 is 5.97 Å². The molecular weight excluding hydrogens is 272 g/mol. The molecule has 0 bridgehead atoms. The lowest BCUT2D eigenvalue weighted by Gasteiger charge is -2.37. The van der Waals surface area contributed by atoms with E-state index in [1.54, 1.807) is 0 Å². The van der Waals surface area contributed by atoms with E-state index in [4.69, 9.17) is 10.5 Å². The molecule has 3 rings (SSSR count). The van der Waals surface area contributed by atoms with Gasteiger partial charge < -0.3 is 20.5 Å². The number of hydrogen-bond donors (Lipinski definition) is 2. The van der Waals surface area contributed by atoms with Crippen LogP contribution in [0, 0.1) is 5.92 Å². The molecule has 6 heteroatoms. The molecule has 0 saturated carbocycles. The van der Waals surface area contributed by atoms with Crippen molar-refractivity contribution in [2.45, 2.75) is 18.4 Å². The van der Waals surface area contributed by atoms with Gasteiger partial charge in [0.1, 0.15) is 5.54 Å². The molecule has 21 heavy (non-hydrogen) atoms. The summed E-state index contributed by atoms with van der Waals surface area (Å²) >= 11 is 0. The molecule has 2 aliphatic heterocycles. The molecule has 0 aliphatic carbocycles. The first-order valence-corrected chi connectivity index (χ1v) is 7.00. The van der Waals surface area contributed by atoms with Crippen molar-refractivity contribution >= 4 is 17.6 Å². The first-order chi connectivity index (χ1) is 10.0. The van der Waals surface area contributed by atoms with Crippen molar-refractivity contribution in [3.63, 3.8) is 0 Å². The lowest BCUT2D eigenvalue weighted by Crippen LogP contribution is -2.58. The number of amides is 1. The SMILES string of the molecule is NC1(C(=O)N2CC(C(=O)O)Cc3ccccc32)CCOC1. The predicted molar refractivity (Wildman–Crippen MR) is 76.0 cm³/mol. The van der Waals surface area contributed by atoms with E-state index in [1.807, 2.05) is 24.3 Å². The molecule has 1 fully saturated rings. The Hall–Kier alpha value is -1.92. The second-order valence-corrected chi connectivity index (χ2v) is 5.74. The predicted octanol–water partition coefficient (Wildman–Crippen LogP) is 0.394. The second-order valence-electron chi connectivity index (χ2n) is 5.74. The Balaban J connectivity index is 1.96. The van der Waals surface area contributed by atoms with E-state index in [0.29, 0.717) is 19.4 Å². The van der Waals surface area contributed by atoms with Gasteiger partial charge in [-0.25, -0.2) is 0 Å². The number of anilines is 1. The first-order valence-electron chi connectivity index (χ1n) is 7.00. The summed E-state index contributed by atoms with van der Waals surface area (Å²) in [5, 5.41) is 9.30. The van der Waals surface area contributed by atoms with Crippen LogP contribution in [0.3, 0.4) is 0 Å². The summed E-state index contributed by atoms with van der Waals surface area (Å²) in [6.07, 6.45) is 0.894. The third kappa shape index (κ3) is 2.41. The van der Waals surface area contributed by atoms with Crippen molar-refractivity contribution in [1.29, 1.82) is 0 Å².